The molecule has 1 amide bonds. The van der Waals surface area contributed by atoms with Crippen LogP contribution in [-0.2, 0) is 16.0 Å². The molecule has 1 saturated heterocycles. The molecule has 0 radical (unpaired) electrons. The molecule has 1 unspecified atom stereocenters. The summed E-state index contributed by atoms with van der Waals surface area (Å²) < 4.78 is 5.57. The number of carbonyl (C=O) groups excluding carboxylic acids is 1. The van der Waals surface area contributed by atoms with Crippen molar-refractivity contribution >= 4 is 17.5 Å². The highest BCUT2D eigenvalue weighted by Crippen LogP contribution is 2.25. The molecule has 1 fully saturated rings. The first-order chi connectivity index (χ1) is 10.8. The van der Waals surface area contributed by atoms with Crippen LogP contribution in [0.15, 0.2) is 54.6 Å². The molecule has 3 nitrogen and oxygen atoms in total. The van der Waals surface area contributed by atoms with Gasteiger partial charge in [0, 0.05) is 11.6 Å². The van der Waals surface area contributed by atoms with Crippen LogP contribution >= 0.6 is 11.6 Å². The fourth-order valence-electron chi connectivity index (χ4n) is 2.76. The molecular formula is C18H18ClNO2. The van der Waals surface area contributed by atoms with Gasteiger partial charge in [-0.05, 0) is 17.2 Å². The van der Waals surface area contributed by atoms with E-state index in [2.05, 4.69) is 0 Å². The number of morpholine rings is 1. The largest absolute Gasteiger partial charge is 0.377 e. The van der Waals surface area contributed by atoms with E-state index in [0.29, 0.717) is 31.2 Å². The van der Waals surface area contributed by atoms with Gasteiger partial charge in [0.25, 0.3) is 0 Å². The van der Waals surface area contributed by atoms with Gasteiger partial charge < -0.3 is 9.64 Å². The maximum absolute atomic E-state index is 12.7. The van der Waals surface area contributed by atoms with E-state index in [-0.39, 0.29) is 11.9 Å². The second-order valence-corrected chi connectivity index (χ2v) is 5.76. The maximum Gasteiger partial charge on any atom is 0.227 e. The van der Waals surface area contributed by atoms with Crippen LogP contribution in [0, 0.1) is 0 Å². The second kappa shape index (κ2) is 6.95. The zero-order valence-corrected chi connectivity index (χ0v) is 13.0. The van der Waals surface area contributed by atoms with Crippen LogP contribution in [0.2, 0.25) is 5.02 Å². The van der Waals surface area contributed by atoms with Gasteiger partial charge in [0.05, 0.1) is 25.7 Å². The molecule has 1 aliphatic heterocycles. The first-order valence-electron chi connectivity index (χ1n) is 7.41. The van der Waals surface area contributed by atoms with E-state index in [0.717, 1.165) is 11.1 Å². The van der Waals surface area contributed by atoms with Crippen LogP contribution in [0.1, 0.15) is 17.2 Å². The third-order valence-electron chi connectivity index (χ3n) is 3.93. The smallest absolute Gasteiger partial charge is 0.227 e. The third-order valence-corrected chi connectivity index (χ3v) is 4.30. The minimum Gasteiger partial charge on any atom is -0.377 e. The van der Waals surface area contributed by atoms with E-state index in [9.17, 15) is 4.79 Å². The molecule has 0 saturated carbocycles. The SMILES string of the molecule is O=C(Cc1ccccc1Cl)N1CCOCC1c1ccccc1. The van der Waals surface area contributed by atoms with Crippen LogP contribution in [0.5, 0.6) is 0 Å². The summed E-state index contributed by atoms with van der Waals surface area (Å²) in [5.41, 5.74) is 1.97. The quantitative estimate of drug-likeness (QED) is 0.868. The summed E-state index contributed by atoms with van der Waals surface area (Å²) in [5.74, 6) is 0.0882. The Balaban J connectivity index is 1.79. The van der Waals surface area contributed by atoms with E-state index in [1.165, 1.54) is 0 Å². The number of hydrogen-bond acceptors (Lipinski definition) is 2. The molecular weight excluding hydrogens is 298 g/mol. The molecule has 22 heavy (non-hydrogen) atoms. The number of carbonyl (C=O) groups is 1. The van der Waals surface area contributed by atoms with Crippen LogP contribution in [0.3, 0.4) is 0 Å². The fraction of sp³-hybridized carbons (Fsp3) is 0.278. The first kappa shape index (κ1) is 15.1. The van der Waals surface area contributed by atoms with Gasteiger partial charge in [0.2, 0.25) is 5.91 Å². The Morgan fingerprint density at radius 2 is 1.86 bits per heavy atom. The number of rotatable bonds is 3. The lowest BCUT2D eigenvalue weighted by molar-refractivity contribution is -0.139. The molecule has 0 aromatic heterocycles. The van der Waals surface area contributed by atoms with Crippen molar-refractivity contribution in [3.63, 3.8) is 0 Å². The lowest BCUT2D eigenvalue weighted by atomic mass is 10.0. The molecule has 114 valence electrons. The van der Waals surface area contributed by atoms with Crippen molar-refractivity contribution < 1.29 is 9.53 Å². The second-order valence-electron chi connectivity index (χ2n) is 5.36. The van der Waals surface area contributed by atoms with Gasteiger partial charge in [-0.2, -0.15) is 0 Å². The average Bonchev–Trinajstić information content (AvgIpc) is 2.58. The number of benzene rings is 2. The van der Waals surface area contributed by atoms with Crippen LogP contribution in [-0.4, -0.2) is 30.6 Å². The van der Waals surface area contributed by atoms with Gasteiger partial charge >= 0.3 is 0 Å². The fourth-order valence-corrected chi connectivity index (χ4v) is 2.96. The van der Waals surface area contributed by atoms with Crippen LogP contribution in [0.25, 0.3) is 0 Å². The predicted octanol–water partition coefficient (Wildman–Crippen LogP) is 3.48. The Morgan fingerprint density at radius 1 is 1.14 bits per heavy atom. The molecule has 1 atom stereocenters. The van der Waals surface area contributed by atoms with E-state index >= 15 is 0 Å². The molecule has 3 rings (SSSR count). The Morgan fingerprint density at radius 3 is 2.64 bits per heavy atom. The highest BCUT2D eigenvalue weighted by molar-refractivity contribution is 6.31. The van der Waals surface area contributed by atoms with Crippen molar-refractivity contribution in [3.8, 4) is 0 Å². The monoisotopic (exact) mass is 315 g/mol. The zero-order valence-electron chi connectivity index (χ0n) is 12.2. The molecule has 2 aromatic carbocycles. The zero-order chi connectivity index (χ0) is 15.4. The Hall–Kier alpha value is -1.84. The van der Waals surface area contributed by atoms with Crippen molar-refractivity contribution in [3.05, 3.63) is 70.7 Å². The maximum atomic E-state index is 12.7. The molecule has 1 aliphatic rings. The summed E-state index contributed by atoms with van der Waals surface area (Å²) in [5, 5.41) is 0.639. The topological polar surface area (TPSA) is 29.5 Å². The van der Waals surface area contributed by atoms with Crippen molar-refractivity contribution in [2.45, 2.75) is 12.5 Å². The van der Waals surface area contributed by atoms with E-state index in [1.54, 1.807) is 0 Å². The van der Waals surface area contributed by atoms with Gasteiger partial charge in [-0.1, -0.05) is 60.1 Å². The van der Waals surface area contributed by atoms with Crippen molar-refractivity contribution in [2.24, 2.45) is 0 Å². The summed E-state index contributed by atoms with van der Waals surface area (Å²) in [6.07, 6.45) is 0.322. The standard InChI is InChI=1S/C18H18ClNO2/c19-16-9-5-4-8-15(16)12-18(21)20-10-11-22-13-17(20)14-6-2-1-3-7-14/h1-9,17H,10-13H2. The predicted molar refractivity (Wildman–Crippen MR) is 86.9 cm³/mol. The molecule has 0 spiro atoms. The summed E-state index contributed by atoms with van der Waals surface area (Å²) >= 11 is 6.17. The van der Waals surface area contributed by atoms with Gasteiger partial charge in [0.15, 0.2) is 0 Å². The minimum absolute atomic E-state index is 0.0232. The van der Waals surface area contributed by atoms with E-state index in [1.807, 2.05) is 59.5 Å². The number of nitrogens with zero attached hydrogens (tertiary/aromatic N) is 1. The van der Waals surface area contributed by atoms with Gasteiger partial charge in [-0.3, -0.25) is 4.79 Å². The number of amides is 1. The third kappa shape index (κ3) is 3.32. The van der Waals surface area contributed by atoms with Crippen LogP contribution in [0.4, 0.5) is 0 Å². The molecule has 0 N–H and O–H groups in total. The van der Waals surface area contributed by atoms with Gasteiger partial charge in [0.1, 0.15) is 0 Å². The van der Waals surface area contributed by atoms with Gasteiger partial charge in [-0.25, -0.2) is 0 Å². The Bertz CT molecular complexity index is 645. The number of halogens is 1. The summed E-state index contributed by atoms with van der Waals surface area (Å²) in [6, 6.07) is 17.5. The highest BCUT2D eigenvalue weighted by Gasteiger charge is 2.28. The summed E-state index contributed by atoms with van der Waals surface area (Å²) in [7, 11) is 0. The highest BCUT2D eigenvalue weighted by atomic mass is 35.5. The van der Waals surface area contributed by atoms with Crippen molar-refractivity contribution in [1.82, 2.24) is 4.90 Å². The van der Waals surface area contributed by atoms with Gasteiger partial charge in [-0.15, -0.1) is 0 Å². The molecule has 0 bridgehead atoms. The van der Waals surface area contributed by atoms with E-state index < -0.39 is 0 Å². The minimum atomic E-state index is -0.0232. The average molecular weight is 316 g/mol. The number of ether oxygens (including phenoxy) is 1. The lowest BCUT2D eigenvalue weighted by Gasteiger charge is -2.36. The van der Waals surface area contributed by atoms with Crippen molar-refractivity contribution in [1.29, 1.82) is 0 Å². The Labute approximate surface area is 135 Å². The summed E-state index contributed by atoms with van der Waals surface area (Å²) in [4.78, 5) is 14.6. The molecule has 1 heterocycles. The van der Waals surface area contributed by atoms with Crippen molar-refractivity contribution in [2.75, 3.05) is 19.8 Å². The normalized spacial score (nSPS) is 18.2. The molecule has 4 heteroatoms. The Kier molecular flexibility index (Phi) is 4.76. The molecule has 2 aromatic rings. The molecule has 0 aliphatic carbocycles. The van der Waals surface area contributed by atoms with E-state index in [4.69, 9.17) is 16.3 Å². The summed E-state index contributed by atoms with van der Waals surface area (Å²) in [6.45, 7) is 1.73. The first-order valence-corrected chi connectivity index (χ1v) is 7.79. The number of hydrogen-bond donors (Lipinski definition) is 0. The lowest BCUT2D eigenvalue weighted by Crippen LogP contribution is -2.44. The van der Waals surface area contributed by atoms with Crippen LogP contribution < -0.4 is 0 Å².